The lowest BCUT2D eigenvalue weighted by molar-refractivity contribution is 0.0941. The van der Waals surface area contributed by atoms with Crippen LogP contribution in [0, 0.1) is 0 Å². The van der Waals surface area contributed by atoms with Crippen LogP contribution in [0.15, 0.2) is 12.1 Å². The number of amides is 1. The summed E-state index contributed by atoms with van der Waals surface area (Å²) in [4.78, 5) is 11.9. The fourth-order valence-corrected chi connectivity index (χ4v) is 3.27. The van der Waals surface area contributed by atoms with Crippen molar-refractivity contribution >= 4 is 46.6 Å². The molecule has 0 bridgehead atoms. The Morgan fingerprint density at radius 3 is 2.59 bits per heavy atom. The summed E-state index contributed by atoms with van der Waals surface area (Å²) in [5.74, 6) is 1.90. The van der Waals surface area contributed by atoms with Gasteiger partial charge in [-0.25, -0.2) is 0 Å². The second-order valence-corrected chi connectivity index (χ2v) is 5.85. The van der Waals surface area contributed by atoms with E-state index in [4.69, 9.17) is 28.9 Å². The van der Waals surface area contributed by atoms with Crippen LogP contribution in [-0.2, 0) is 0 Å². The molecule has 6 heteroatoms. The van der Waals surface area contributed by atoms with Crippen LogP contribution in [0.25, 0.3) is 0 Å². The van der Waals surface area contributed by atoms with Gasteiger partial charge in [0.15, 0.2) is 0 Å². The zero-order chi connectivity index (χ0) is 12.4. The first-order valence-corrected chi connectivity index (χ1v) is 7.12. The summed E-state index contributed by atoms with van der Waals surface area (Å²) in [5.41, 5.74) is 6.37. The molecule has 1 fully saturated rings. The lowest BCUT2D eigenvalue weighted by Gasteiger charge is -2.12. The lowest BCUT2D eigenvalue weighted by Crippen LogP contribution is -2.34. The molecule has 0 aliphatic carbocycles. The smallest absolute Gasteiger partial charge is 0.251 e. The van der Waals surface area contributed by atoms with Crippen LogP contribution in [0.1, 0.15) is 16.8 Å². The molecule has 1 aromatic carbocycles. The standard InChI is InChI=1S/C11H12Cl2N2OS/c12-8-3-6(4-9(13)10(8)14)11(16)15-7-1-2-17-5-7/h3-4,7H,1-2,5,14H2,(H,15,16). The molecule has 0 saturated carbocycles. The number of hydrogen-bond acceptors (Lipinski definition) is 3. The van der Waals surface area contributed by atoms with E-state index in [0.29, 0.717) is 21.3 Å². The molecule has 3 nitrogen and oxygen atoms in total. The third kappa shape index (κ3) is 3.00. The van der Waals surface area contributed by atoms with Gasteiger partial charge in [-0.15, -0.1) is 0 Å². The predicted octanol–water partition coefficient (Wildman–Crippen LogP) is 2.81. The first-order valence-electron chi connectivity index (χ1n) is 5.21. The van der Waals surface area contributed by atoms with Crippen LogP contribution in [0.2, 0.25) is 10.0 Å². The highest BCUT2D eigenvalue weighted by atomic mass is 35.5. The molecule has 1 aromatic rings. The van der Waals surface area contributed by atoms with Crippen LogP contribution in [-0.4, -0.2) is 23.5 Å². The maximum absolute atomic E-state index is 11.9. The van der Waals surface area contributed by atoms with Crippen molar-refractivity contribution in [2.75, 3.05) is 17.2 Å². The van der Waals surface area contributed by atoms with Gasteiger partial charge in [-0.1, -0.05) is 23.2 Å². The number of halogens is 2. The van der Waals surface area contributed by atoms with Gasteiger partial charge in [-0.05, 0) is 24.3 Å². The number of hydrogen-bond donors (Lipinski definition) is 2. The Bertz CT molecular complexity index is 424. The number of nitrogen functional groups attached to an aromatic ring is 1. The molecule has 2 rings (SSSR count). The minimum Gasteiger partial charge on any atom is -0.396 e. The van der Waals surface area contributed by atoms with Gasteiger partial charge in [-0.3, -0.25) is 4.79 Å². The molecule has 1 aliphatic heterocycles. The largest absolute Gasteiger partial charge is 0.396 e. The average molecular weight is 291 g/mol. The van der Waals surface area contributed by atoms with E-state index >= 15 is 0 Å². The fraction of sp³-hybridized carbons (Fsp3) is 0.364. The first kappa shape index (κ1) is 12.9. The van der Waals surface area contributed by atoms with E-state index in [-0.39, 0.29) is 11.9 Å². The van der Waals surface area contributed by atoms with Gasteiger partial charge in [0.2, 0.25) is 0 Å². The van der Waals surface area contributed by atoms with Gasteiger partial charge < -0.3 is 11.1 Å². The van der Waals surface area contributed by atoms with E-state index in [2.05, 4.69) is 5.32 Å². The maximum atomic E-state index is 11.9. The Kier molecular flexibility index (Phi) is 4.07. The summed E-state index contributed by atoms with van der Waals surface area (Å²) < 4.78 is 0. The number of rotatable bonds is 2. The van der Waals surface area contributed by atoms with Crippen molar-refractivity contribution in [2.45, 2.75) is 12.5 Å². The van der Waals surface area contributed by atoms with E-state index < -0.39 is 0 Å². The quantitative estimate of drug-likeness (QED) is 0.824. The highest BCUT2D eigenvalue weighted by Crippen LogP contribution is 2.29. The molecule has 0 aromatic heterocycles. The summed E-state index contributed by atoms with van der Waals surface area (Å²) in [5, 5.41) is 3.57. The SMILES string of the molecule is Nc1c(Cl)cc(C(=O)NC2CCSC2)cc1Cl. The van der Waals surface area contributed by atoms with Gasteiger partial charge >= 0.3 is 0 Å². The Labute approximate surface area is 114 Å². The summed E-state index contributed by atoms with van der Waals surface area (Å²) in [6, 6.07) is 3.32. The molecular formula is C11H12Cl2N2OS. The van der Waals surface area contributed by atoms with Crippen LogP contribution in [0.5, 0.6) is 0 Å². The number of nitrogens with two attached hydrogens (primary N) is 1. The number of anilines is 1. The normalized spacial score (nSPS) is 19.3. The monoisotopic (exact) mass is 290 g/mol. The van der Waals surface area contributed by atoms with E-state index in [9.17, 15) is 4.79 Å². The number of carbonyl (C=O) groups is 1. The molecular weight excluding hydrogens is 279 g/mol. The highest BCUT2D eigenvalue weighted by molar-refractivity contribution is 7.99. The summed E-state index contributed by atoms with van der Waals surface area (Å²) in [6.07, 6.45) is 1.01. The second kappa shape index (κ2) is 5.38. The zero-order valence-corrected chi connectivity index (χ0v) is 11.3. The van der Waals surface area contributed by atoms with E-state index in [1.165, 1.54) is 0 Å². The number of benzene rings is 1. The minimum atomic E-state index is -0.152. The van der Waals surface area contributed by atoms with Crippen molar-refractivity contribution in [1.29, 1.82) is 0 Å². The fourth-order valence-electron chi connectivity index (χ4n) is 1.63. The Morgan fingerprint density at radius 2 is 2.06 bits per heavy atom. The highest BCUT2D eigenvalue weighted by Gasteiger charge is 2.19. The molecule has 92 valence electrons. The van der Waals surface area contributed by atoms with Crippen molar-refractivity contribution in [3.8, 4) is 0 Å². The predicted molar refractivity (Wildman–Crippen MR) is 74.1 cm³/mol. The third-order valence-corrected chi connectivity index (χ3v) is 4.39. The van der Waals surface area contributed by atoms with Gasteiger partial charge in [0.05, 0.1) is 15.7 Å². The molecule has 17 heavy (non-hydrogen) atoms. The maximum Gasteiger partial charge on any atom is 0.251 e. The second-order valence-electron chi connectivity index (χ2n) is 3.89. The topological polar surface area (TPSA) is 55.1 Å². The molecule has 0 spiro atoms. The third-order valence-electron chi connectivity index (χ3n) is 2.61. The van der Waals surface area contributed by atoms with Crippen molar-refractivity contribution in [2.24, 2.45) is 0 Å². The van der Waals surface area contributed by atoms with Crippen LogP contribution >= 0.6 is 35.0 Å². The van der Waals surface area contributed by atoms with Crippen molar-refractivity contribution in [3.63, 3.8) is 0 Å². The Hall–Kier alpha value is -0.580. The van der Waals surface area contributed by atoms with Crippen LogP contribution in [0.3, 0.4) is 0 Å². The summed E-state index contributed by atoms with van der Waals surface area (Å²) in [7, 11) is 0. The molecule has 1 heterocycles. The lowest BCUT2D eigenvalue weighted by atomic mass is 10.1. The number of nitrogens with one attached hydrogen (secondary N) is 1. The summed E-state index contributed by atoms with van der Waals surface area (Å²) >= 11 is 13.6. The molecule has 1 saturated heterocycles. The molecule has 0 radical (unpaired) electrons. The number of thioether (sulfide) groups is 1. The van der Waals surface area contributed by atoms with E-state index in [1.54, 1.807) is 12.1 Å². The van der Waals surface area contributed by atoms with E-state index in [0.717, 1.165) is 17.9 Å². The molecule has 1 aliphatic rings. The molecule has 3 N–H and O–H groups in total. The van der Waals surface area contributed by atoms with Crippen LogP contribution in [0.4, 0.5) is 5.69 Å². The van der Waals surface area contributed by atoms with Crippen LogP contribution < -0.4 is 11.1 Å². The Morgan fingerprint density at radius 1 is 1.41 bits per heavy atom. The first-order chi connectivity index (χ1) is 8.08. The summed E-state index contributed by atoms with van der Waals surface area (Å²) in [6.45, 7) is 0. The van der Waals surface area contributed by atoms with E-state index in [1.807, 2.05) is 11.8 Å². The van der Waals surface area contributed by atoms with Gasteiger partial charge in [-0.2, -0.15) is 11.8 Å². The minimum absolute atomic E-state index is 0.152. The molecule has 1 atom stereocenters. The van der Waals surface area contributed by atoms with Crippen molar-refractivity contribution in [1.82, 2.24) is 5.32 Å². The van der Waals surface area contributed by atoms with Gasteiger partial charge in [0.1, 0.15) is 0 Å². The Balaban J connectivity index is 2.13. The number of carbonyl (C=O) groups excluding carboxylic acids is 1. The molecule has 1 unspecified atom stereocenters. The van der Waals surface area contributed by atoms with Gasteiger partial charge in [0.25, 0.3) is 5.91 Å². The molecule has 1 amide bonds. The van der Waals surface area contributed by atoms with Crippen molar-refractivity contribution in [3.05, 3.63) is 27.7 Å². The average Bonchev–Trinajstić information content (AvgIpc) is 2.77. The van der Waals surface area contributed by atoms with Crippen molar-refractivity contribution < 1.29 is 4.79 Å². The zero-order valence-electron chi connectivity index (χ0n) is 9.00. The van der Waals surface area contributed by atoms with Gasteiger partial charge in [0, 0.05) is 17.4 Å².